The fourth-order valence-electron chi connectivity index (χ4n) is 8.19. The second kappa shape index (κ2) is 12.2. The SMILES string of the molecule is [2H]c1c([2H])c([2H])c(-n2c3ccccc3c3ccc4oc5ccccc5c4c32)c(-c2nc(-n3c4c([2H])c([2H])c([2H])c([2H])c4c4c([2H])c([2H])c([2H])c([2H])c43)nc(-n3c4c([2H])c([2H])c([2H])c([2H])c4c4c([2H])c(C#N)c([2H])c([2H])c43)n2)c1[2H]. The summed E-state index contributed by atoms with van der Waals surface area (Å²) in [7, 11) is 0. The highest BCUT2D eigenvalue weighted by Gasteiger charge is 2.24. The van der Waals surface area contributed by atoms with Crippen molar-refractivity contribution in [2.45, 2.75) is 0 Å². The summed E-state index contributed by atoms with van der Waals surface area (Å²) in [6, 6.07) is 5.08. The van der Waals surface area contributed by atoms with Crippen LogP contribution < -0.4 is 0 Å². The van der Waals surface area contributed by atoms with E-state index in [9.17, 15) is 17.6 Å². The van der Waals surface area contributed by atoms with Gasteiger partial charge in [0.1, 0.15) is 11.2 Å². The Hall–Kier alpha value is -8.54. The fourth-order valence-corrected chi connectivity index (χ4v) is 8.19. The van der Waals surface area contributed by atoms with E-state index in [2.05, 4.69) is 0 Å². The van der Waals surface area contributed by atoms with Gasteiger partial charge in [-0.25, -0.2) is 0 Å². The van der Waals surface area contributed by atoms with Gasteiger partial charge in [0, 0.05) is 43.3 Å². The van der Waals surface area contributed by atoms with Gasteiger partial charge < -0.3 is 8.98 Å². The van der Waals surface area contributed by atoms with Crippen LogP contribution in [0.4, 0.5) is 0 Å². The number of nitriles is 1. The molecule has 0 saturated carbocycles. The van der Waals surface area contributed by atoms with Crippen LogP contribution in [0, 0.1) is 11.3 Å². The molecule has 0 aliphatic rings. The monoisotopic (exact) mass is 786 g/mol. The highest BCUT2D eigenvalue weighted by Crippen LogP contribution is 2.43. The Bertz CT molecular complexity index is 5040. The number of hydrogen-bond donors (Lipinski definition) is 0. The first-order valence-electron chi connectivity index (χ1n) is 27.8. The van der Waals surface area contributed by atoms with Crippen LogP contribution in [0.2, 0.25) is 0 Å². The number of nitrogens with zero attached hydrogens (tertiary/aromatic N) is 7. The predicted octanol–water partition coefficient (Wildman–Crippen LogP) is 12.6. The lowest BCUT2D eigenvalue weighted by Crippen LogP contribution is -2.11. The lowest BCUT2D eigenvalue weighted by atomic mass is 10.1. The number of aromatic nitrogens is 6. The van der Waals surface area contributed by atoms with Crippen molar-refractivity contribution in [3.63, 3.8) is 0 Å². The summed E-state index contributed by atoms with van der Waals surface area (Å²) in [4.78, 5) is 14.5. The third kappa shape index (κ3) is 4.46. The maximum Gasteiger partial charge on any atom is 0.240 e. The average Bonchev–Trinajstić information content (AvgIpc) is 4.42. The molecule has 13 aromatic rings. The van der Waals surface area contributed by atoms with E-state index < -0.39 is 187 Å². The Morgan fingerprint density at radius 2 is 1.08 bits per heavy atom. The number of benzene rings is 8. The van der Waals surface area contributed by atoms with Gasteiger partial charge in [-0.15, -0.1) is 0 Å². The Labute approximate surface area is 367 Å². The van der Waals surface area contributed by atoms with Gasteiger partial charge in [-0.05, 0) is 72.6 Å². The predicted molar refractivity (Wildman–Crippen MR) is 240 cm³/mol. The second-order valence-electron chi connectivity index (χ2n) is 13.7. The number of furan rings is 1. The van der Waals surface area contributed by atoms with Gasteiger partial charge in [-0.1, -0.05) is 103 Å². The molecule has 8 aromatic carbocycles. The van der Waals surface area contributed by atoms with E-state index in [1.807, 2.05) is 12.1 Å². The van der Waals surface area contributed by atoms with Crippen molar-refractivity contribution in [2.75, 3.05) is 0 Å². The summed E-state index contributed by atoms with van der Waals surface area (Å²) in [6.45, 7) is 0. The van der Waals surface area contributed by atoms with Crippen molar-refractivity contribution in [1.29, 1.82) is 5.26 Å². The minimum Gasteiger partial charge on any atom is -0.456 e. The van der Waals surface area contributed by atoms with E-state index in [-0.39, 0.29) is 5.69 Å². The first-order chi connectivity index (χ1) is 37.6. The van der Waals surface area contributed by atoms with Crippen LogP contribution in [0.1, 0.15) is 31.6 Å². The summed E-state index contributed by atoms with van der Waals surface area (Å²) >= 11 is 0. The molecule has 0 atom stereocenters. The molecule has 5 heterocycles. The second-order valence-corrected chi connectivity index (χ2v) is 13.7. The summed E-state index contributed by atoms with van der Waals surface area (Å²) in [5, 5.41) is 11.0. The van der Waals surface area contributed by atoms with Gasteiger partial charge in [-0.2, -0.15) is 20.2 Å². The smallest absolute Gasteiger partial charge is 0.240 e. The van der Waals surface area contributed by atoms with Crippen LogP contribution in [0.25, 0.3) is 116 Å². The van der Waals surface area contributed by atoms with Crippen LogP contribution >= 0.6 is 0 Å². The van der Waals surface area contributed by atoms with E-state index in [1.54, 1.807) is 59.2 Å². The normalized spacial score (nSPS) is 16.4. The third-order valence-electron chi connectivity index (χ3n) is 10.6. The van der Waals surface area contributed by atoms with Gasteiger partial charge in [-0.3, -0.25) is 9.13 Å². The van der Waals surface area contributed by atoms with Gasteiger partial charge >= 0.3 is 0 Å². The van der Waals surface area contributed by atoms with Crippen LogP contribution in [0.15, 0.2) is 180 Å². The van der Waals surface area contributed by atoms with E-state index in [4.69, 9.17) is 33.1 Å². The van der Waals surface area contributed by atoms with Crippen molar-refractivity contribution >= 4 is 87.4 Å². The molecule has 0 bridgehead atoms. The molecule has 278 valence electrons. The zero-order valence-electron chi connectivity index (χ0n) is 49.3. The highest BCUT2D eigenvalue weighted by molar-refractivity contribution is 6.24. The Balaban J connectivity index is 1.31. The van der Waals surface area contributed by atoms with Crippen molar-refractivity contribution in [3.8, 4) is 35.0 Å². The largest absolute Gasteiger partial charge is 0.456 e. The van der Waals surface area contributed by atoms with Crippen molar-refractivity contribution in [1.82, 2.24) is 28.7 Å². The lowest BCUT2D eigenvalue weighted by molar-refractivity contribution is 0.669. The molecule has 0 spiro atoms. The molecule has 0 unspecified atom stereocenters. The van der Waals surface area contributed by atoms with Gasteiger partial charge in [0.15, 0.2) is 5.82 Å². The molecule has 13 rings (SSSR count). The molecule has 0 saturated heterocycles. The molecule has 8 nitrogen and oxygen atoms in total. The zero-order chi connectivity index (χ0) is 56.0. The number of rotatable bonds is 4. The highest BCUT2D eigenvalue weighted by atomic mass is 16.3. The average molecular weight is 787 g/mol. The third-order valence-corrected chi connectivity index (χ3v) is 10.6. The summed E-state index contributed by atoms with van der Waals surface area (Å²) in [5.74, 6) is -2.16. The molecule has 0 radical (unpaired) electrons. The first kappa shape index (κ1) is 19.3. The van der Waals surface area contributed by atoms with Crippen LogP contribution in [-0.2, 0) is 0 Å². The minimum atomic E-state index is -0.820. The standard InChI is InChI=1S/C52H29N7O/c53-30-31-25-27-45-39(29-31)35-16-4-10-22-43(35)59(45)52-55-50(54-51(56-52)58-41-20-8-1-13-32(41)33-14-2-9-21-42(33)58)37-17-5-11-23-44(37)57-40-19-7-3-15-34(40)36-26-28-47-48(49(36)57)38-18-6-12-24-46(38)60-47/h1-29H/i1D,2D,4D,5D,8D,9D,10D,11D,13D,14D,16D,17D,20D,21D,22D,23D,25D,27D,29D. The first-order valence-corrected chi connectivity index (χ1v) is 18.3. The Morgan fingerprint density at radius 1 is 0.483 bits per heavy atom. The molecule has 60 heavy (non-hydrogen) atoms. The van der Waals surface area contributed by atoms with Crippen LogP contribution in [0.3, 0.4) is 0 Å². The quantitative estimate of drug-likeness (QED) is 0.177. The van der Waals surface area contributed by atoms with Crippen molar-refractivity contribution in [3.05, 3.63) is 181 Å². The molecule has 8 heteroatoms. The molecule has 0 fully saturated rings. The zero-order valence-corrected chi connectivity index (χ0v) is 30.3. The van der Waals surface area contributed by atoms with E-state index in [1.165, 1.54) is 0 Å². The van der Waals surface area contributed by atoms with Crippen LogP contribution in [0.5, 0.6) is 0 Å². The number of para-hydroxylation sites is 6. The van der Waals surface area contributed by atoms with Crippen LogP contribution in [-0.4, -0.2) is 28.7 Å². The minimum absolute atomic E-state index is 0.269. The van der Waals surface area contributed by atoms with E-state index >= 15 is 0 Å². The van der Waals surface area contributed by atoms with E-state index in [0.29, 0.717) is 43.7 Å². The van der Waals surface area contributed by atoms with Gasteiger partial charge in [0.05, 0.1) is 81.9 Å². The number of hydrogen-bond acceptors (Lipinski definition) is 5. The maximum absolute atomic E-state index is 10.2. The molecule has 0 aliphatic carbocycles. The summed E-state index contributed by atoms with van der Waals surface area (Å²) in [6.07, 6.45) is 0. The molecule has 0 N–H and O–H groups in total. The van der Waals surface area contributed by atoms with Gasteiger partial charge in [0.25, 0.3) is 0 Å². The number of fused-ring (bicyclic) bond motifs is 13. The molecular weight excluding hydrogens is 739 g/mol. The molecule has 0 amide bonds. The fraction of sp³-hybridized carbons (Fsp3) is 0. The van der Waals surface area contributed by atoms with Crippen molar-refractivity contribution < 1.29 is 30.5 Å². The molecule has 5 aromatic heterocycles. The Kier molecular flexibility index (Phi) is 3.93. The van der Waals surface area contributed by atoms with E-state index in [0.717, 1.165) is 9.13 Å². The topological polar surface area (TPSA) is 90.4 Å². The molecular formula is C52H29N7O. The maximum atomic E-state index is 10.2. The Morgan fingerprint density at radius 3 is 1.80 bits per heavy atom. The summed E-state index contributed by atoms with van der Waals surface area (Å²) < 4.78 is 184. The lowest BCUT2D eigenvalue weighted by Gasteiger charge is -2.16. The summed E-state index contributed by atoms with van der Waals surface area (Å²) in [5.41, 5.74) is -1.60. The van der Waals surface area contributed by atoms with Gasteiger partial charge in [0.2, 0.25) is 11.9 Å². The van der Waals surface area contributed by atoms with Crippen molar-refractivity contribution in [2.24, 2.45) is 0 Å². The molecule has 0 aliphatic heterocycles.